The second-order valence-corrected chi connectivity index (χ2v) is 3.78. The molecule has 0 aliphatic rings. The fourth-order valence-corrected chi connectivity index (χ4v) is 1.48. The van der Waals surface area contributed by atoms with Crippen LogP contribution in [0.1, 0.15) is 37.3 Å². The molecular formula is C13H16O2. The molecule has 2 heteroatoms. The van der Waals surface area contributed by atoms with Gasteiger partial charge in [0.2, 0.25) is 0 Å². The Labute approximate surface area is 90.3 Å². The molecule has 0 aliphatic carbocycles. The smallest absolute Gasteiger partial charge is 0.307 e. The lowest BCUT2D eigenvalue weighted by Crippen LogP contribution is -1.92. The molecule has 0 aromatic heterocycles. The number of aliphatic carboxylic acids is 1. The van der Waals surface area contributed by atoms with Crippen molar-refractivity contribution in [2.45, 2.75) is 26.2 Å². The molecule has 0 amide bonds. The van der Waals surface area contributed by atoms with Gasteiger partial charge in [-0.25, -0.2) is 0 Å². The van der Waals surface area contributed by atoms with Crippen molar-refractivity contribution < 1.29 is 9.90 Å². The lowest BCUT2D eigenvalue weighted by molar-refractivity contribution is -0.135. The molecule has 80 valence electrons. The van der Waals surface area contributed by atoms with Gasteiger partial charge in [-0.2, -0.15) is 0 Å². The fraction of sp³-hybridized carbons (Fsp3) is 0.308. The van der Waals surface area contributed by atoms with Crippen LogP contribution in [0, 0.1) is 0 Å². The molecule has 0 saturated heterocycles. The van der Waals surface area contributed by atoms with Crippen LogP contribution >= 0.6 is 0 Å². The molecule has 0 unspecified atom stereocenters. The highest BCUT2D eigenvalue weighted by molar-refractivity contribution is 5.70. The summed E-state index contributed by atoms with van der Waals surface area (Å²) in [5.74, 6) is -0.344. The number of hydrogen-bond acceptors (Lipinski definition) is 1. The topological polar surface area (TPSA) is 37.3 Å². The van der Waals surface area contributed by atoms with Crippen molar-refractivity contribution in [1.82, 2.24) is 0 Å². The average Bonchev–Trinajstić information content (AvgIpc) is 2.17. The minimum atomic E-state index is -0.798. The second-order valence-electron chi connectivity index (χ2n) is 3.78. The van der Waals surface area contributed by atoms with Crippen molar-refractivity contribution in [1.29, 1.82) is 0 Å². The van der Waals surface area contributed by atoms with Crippen molar-refractivity contribution in [3.63, 3.8) is 0 Å². The molecule has 0 atom stereocenters. The van der Waals surface area contributed by atoms with Crippen LogP contribution < -0.4 is 0 Å². The first-order valence-corrected chi connectivity index (χ1v) is 5.08. The van der Waals surface area contributed by atoms with Gasteiger partial charge in [-0.15, -0.1) is 0 Å². The molecule has 1 rings (SSSR count). The minimum Gasteiger partial charge on any atom is -0.481 e. The van der Waals surface area contributed by atoms with Crippen LogP contribution in [0.5, 0.6) is 0 Å². The number of hydrogen-bond donors (Lipinski definition) is 1. The van der Waals surface area contributed by atoms with Gasteiger partial charge in [0.1, 0.15) is 0 Å². The summed E-state index contributed by atoms with van der Waals surface area (Å²) >= 11 is 0. The predicted molar refractivity (Wildman–Crippen MR) is 61.8 cm³/mol. The fourth-order valence-electron chi connectivity index (χ4n) is 1.48. The molecule has 0 radical (unpaired) electrons. The van der Waals surface area contributed by atoms with E-state index in [-0.39, 0.29) is 6.42 Å². The molecular weight excluding hydrogens is 188 g/mol. The molecule has 0 heterocycles. The normalized spacial score (nSPS) is 11.1. The molecule has 0 spiro atoms. The molecule has 0 bridgehead atoms. The van der Waals surface area contributed by atoms with Gasteiger partial charge in [0.15, 0.2) is 0 Å². The molecule has 0 fully saturated rings. The molecule has 0 aliphatic heterocycles. The summed E-state index contributed by atoms with van der Waals surface area (Å²) in [5, 5.41) is 8.52. The van der Waals surface area contributed by atoms with E-state index in [1.165, 1.54) is 5.56 Å². The average molecular weight is 204 g/mol. The maximum atomic E-state index is 10.4. The van der Waals surface area contributed by atoms with Gasteiger partial charge in [-0.05, 0) is 17.0 Å². The Morgan fingerprint density at radius 1 is 1.40 bits per heavy atom. The summed E-state index contributed by atoms with van der Waals surface area (Å²) in [6.45, 7) is 4.26. The summed E-state index contributed by atoms with van der Waals surface area (Å²) in [6.07, 6.45) is 3.64. The zero-order valence-corrected chi connectivity index (χ0v) is 9.10. The van der Waals surface area contributed by atoms with Crippen molar-refractivity contribution in [2.24, 2.45) is 0 Å². The summed E-state index contributed by atoms with van der Waals surface area (Å²) in [7, 11) is 0. The molecule has 1 aromatic rings. The summed E-state index contributed by atoms with van der Waals surface area (Å²) in [6, 6.07) is 8.05. The van der Waals surface area contributed by atoms with E-state index in [9.17, 15) is 4.79 Å². The molecule has 1 aromatic carbocycles. The third-order valence-corrected chi connectivity index (χ3v) is 2.21. The van der Waals surface area contributed by atoms with E-state index in [1.807, 2.05) is 24.3 Å². The van der Waals surface area contributed by atoms with Gasteiger partial charge < -0.3 is 5.11 Å². The predicted octanol–water partition coefficient (Wildman–Crippen LogP) is 3.30. The van der Waals surface area contributed by atoms with Gasteiger partial charge in [0.25, 0.3) is 0 Å². The highest BCUT2D eigenvalue weighted by Crippen LogP contribution is 2.20. The van der Waals surface area contributed by atoms with Crippen molar-refractivity contribution >= 4 is 12.0 Å². The lowest BCUT2D eigenvalue weighted by atomic mass is 9.97. The number of carbonyl (C=O) groups is 1. The van der Waals surface area contributed by atoms with E-state index >= 15 is 0 Å². The molecule has 0 saturated carbocycles. The zero-order chi connectivity index (χ0) is 11.3. The first-order valence-electron chi connectivity index (χ1n) is 5.08. The van der Waals surface area contributed by atoms with Gasteiger partial charge >= 0.3 is 5.97 Å². The number of rotatable bonds is 4. The number of benzene rings is 1. The van der Waals surface area contributed by atoms with E-state index in [2.05, 4.69) is 19.9 Å². The maximum absolute atomic E-state index is 10.4. The standard InChI is InChI=1S/C13H16O2/c1-10(2)12-8-4-3-6-11(12)7-5-9-13(14)15/h3-8,10H,9H2,1-2H3,(H,14,15). The van der Waals surface area contributed by atoms with E-state index in [4.69, 9.17) is 5.11 Å². The van der Waals surface area contributed by atoms with Gasteiger partial charge in [-0.3, -0.25) is 4.79 Å². The first-order chi connectivity index (χ1) is 7.11. The van der Waals surface area contributed by atoms with Gasteiger partial charge in [0.05, 0.1) is 6.42 Å². The van der Waals surface area contributed by atoms with Crippen LogP contribution in [-0.4, -0.2) is 11.1 Å². The Morgan fingerprint density at radius 2 is 2.07 bits per heavy atom. The van der Waals surface area contributed by atoms with Crippen LogP contribution in [0.2, 0.25) is 0 Å². The van der Waals surface area contributed by atoms with Crippen molar-refractivity contribution in [3.8, 4) is 0 Å². The maximum Gasteiger partial charge on any atom is 0.307 e. The monoisotopic (exact) mass is 204 g/mol. The van der Waals surface area contributed by atoms with Gasteiger partial charge in [0, 0.05) is 0 Å². The molecule has 15 heavy (non-hydrogen) atoms. The van der Waals surface area contributed by atoms with E-state index in [0.29, 0.717) is 5.92 Å². The Kier molecular flexibility index (Phi) is 4.10. The van der Waals surface area contributed by atoms with Crippen molar-refractivity contribution in [2.75, 3.05) is 0 Å². The van der Waals surface area contributed by atoms with E-state index in [0.717, 1.165) is 5.56 Å². The Hall–Kier alpha value is -1.57. The first kappa shape index (κ1) is 11.5. The van der Waals surface area contributed by atoms with Crippen LogP contribution in [0.4, 0.5) is 0 Å². The zero-order valence-electron chi connectivity index (χ0n) is 9.10. The Morgan fingerprint density at radius 3 is 2.67 bits per heavy atom. The third kappa shape index (κ3) is 3.58. The Bertz CT molecular complexity index is 365. The summed E-state index contributed by atoms with van der Waals surface area (Å²) in [5.41, 5.74) is 2.35. The quantitative estimate of drug-likeness (QED) is 0.817. The van der Waals surface area contributed by atoms with Gasteiger partial charge in [-0.1, -0.05) is 50.3 Å². The largest absolute Gasteiger partial charge is 0.481 e. The summed E-state index contributed by atoms with van der Waals surface area (Å²) in [4.78, 5) is 10.4. The highest BCUT2D eigenvalue weighted by Gasteiger charge is 2.02. The number of carboxylic acids is 1. The third-order valence-electron chi connectivity index (χ3n) is 2.21. The SMILES string of the molecule is CC(C)c1ccccc1C=CCC(=O)O. The van der Waals surface area contributed by atoms with Crippen LogP contribution in [-0.2, 0) is 4.79 Å². The summed E-state index contributed by atoms with van der Waals surface area (Å²) < 4.78 is 0. The van der Waals surface area contributed by atoms with Crippen LogP contribution in [0.25, 0.3) is 6.08 Å². The van der Waals surface area contributed by atoms with Crippen LogP contribution in [0.3, 0.4) is 0 Å². The van der Waals surface area contributed by atoms with Crippen LogP contribution in [0.15, 0.2) is 30.3 Å². The molecule has 1 N–H and O–H groups in total. The number of carboxylic acid groups (broad SMARTS) is 1. The van der Waals surface area contributed by atoms with E-state index in [1.54, 1.807) is 6.08 Å². The molecule has 2 nitrogen and oxygen atoms in total. The highest BCUT2D eigenvalue weighted by atomic mass is 16.4. The minimum absolute atomic E-state index is 0.0758. The lowest BCUT2D eigenvalue weighted by Gasteiger charge is -2.08. The van der Waals surface area contributed by atoms with Crippen molar-refractivity contribution in [3.05, 3.63) is 41.5 Å². The van der Waals surface area contributed by atoms with E-state index < -0.39 is 5.97 Å². The Balaban J connectivity index is 2.84. The second kappa shape index (κ2) is 5.35.